The molecule has 1 aromatic rings. The lowest BCUT2D eigenvalue weighted by Crippen LogP contribution is -2.25. The highest BCUT2D eigenvalue weighted by atomic mass is 15.1. The molecule has 50 valence electrons. The molecule has 0 saturated heterocycles. The van der Waals surface area contributed by atoms with E-state index < -0.39 is 0 Å². The molecule has 0 fully saturated rings. The molecule has 0 saturated carbocycles. The van der Waals surface area contributed by atoms with Crippen LogP contribution >= 0.6 is 0 Å². The van der Waals surface area contributed by atoms with Gasteiger partial charge in [-0.25, -0.2) is 4.98 Å². The fourth-order valence-corrected chi connectivity index (χ4v) is 0.584. The highest BCUT2D eigenvalue weighted by Crippen LogP contribution is 1.95. The summed E-state index contributed by atoms with van der Waals surface area (Å²) in [5.74, 6) is 0.762. The Morgan fingerprint density at radius 1 is 1.89 bits per heavy atom. The van der Waals surface area contributed by atoms with Crippen molar-refractivity contribution in [2.75, 3.05) is 7.05 Å². The molecule has 0 aliphatic rings. The molecule has 1 unspecified atom stereocenters. The molecule has 4 heteroatoms. The zero-order chi connectivity index (χ0) is 6.69. The number of hydrogen-bond acceptors (Lipinski definition) is 3. The number of nitrogens with zero attached hydrogens (tertiary/aromatic N) is 1. The van der Waals surface area contributed by atoms with Crippen molar-refractivity contribution in [3.63, 3.8) is 0 Å². The second-order valence-corrected chi connectivity index (χ2v) is 1.74. The molecular weight excluding hydrogens is 116 g/mol. The van der Waals surface area contributed by atoms with Crippen LogP contribution in [-0.4, -0.2) is 17.0 Å². The summed E-state index contributed by atoms with van der Waals surface area (Å²) >= 11 is 0. The van der Waals surface area contributed by atoms with Crippen LogP contribution < -0.4 is 11.1 Å². The van der Waals surface area contributed by atoms with Crippen LogP contribution in [0.5, 0.6) is 0 Å². The van der Waals surface area contributed by atoms with Gasteiger partial charge in [-0.2, -0.15) is 0 Å². The van der Waals surface area contributed by atoms with Gasteiger partial charge in [0.1, 0.15) is 12.0 Å². The van der Waals surface area contributed by atoms with E-state index in [1.165, 1.54) is 0 Å². The summed E-state index contributed by atoms with van der Waals surface area (Å²) in [4.78, 5) is 6.83. The lowest BCUT2D eigenvalue weighted by atomic mass is 10.5. The number of aromatic amines is 1. The van der Waals surface area contributed by atoms with Crippen LogP contribution in [0.25, 0.3) is 0 Å². The first kappa shape index (κ1) is 6.25. The summed E-state index contributed by atoms with van der Waals surface area (Å²) in [6.07, 6.45) is 3.24. The van der Waals surface area contributed by atoms with Gasteiger partial charge in [-0.15, -0.1) is 0 Å². The van der Waals surface area contributed by atoms with Crippen molar-refractivity contribution in [3.8, 4) is 0 Å². The van der Waals surface area contributed by atoms with Gasteiger partial charge in [0.05, 0.1) is 0 Å². The fourth-order valence-electron chi connectivity index (χ4n) is 0.584. The standard InChI is InChI=1S/C5H10N4/c1-7-4(6)5-8-2-3-9-5/h2-4,7H,6H2,1H3,(H,8,9). The Morgan fingerprint density at radius 2 is 2.67 bits per heavy atom. The van der Waals surface area contributed by atoms with Gasteiger partial charge in [-0.05, 0) is 7.05 Å². The number of imidazole rings is 1. The molecule has 1 aromatic heterocycles. The molecule has 0 aromatic carbocycles. The summed E-state index contributed by atoms with van der Waals surface area (Å²) in [6, 6.07) is 0. The maximum absolute atomic E-state index is 5.53. The highest BCUT2D eigenvalue weighted by Gasteiger charge is 2.01. The van der Waals surface area contributed by atoms with E-state index in [-0.39, 0.29) is 6.17 Å². The molecule has 0 amide bonds. The van der Waals surface area contributed by atoms with Crippen LogP contribution in [0.15, 0.2) is 12.4 Å². The fraction of sp³-hybridized carbons (Fsp3) is 0.400. The van der Waals surface area contributed by atoms with Crippen molar-refractivity contribution < 1.29 is 0 Å². The minimum Gasteiger partial charge on any atom is -0.346 e. The van der Waals surface area contributed by atoms with Gasteiger partial charge >= 0.3 is 0 Å². The van der Waals surface area contributed by atoms with Crippen LogP contribution in [0.3, 0.4) is 0 Å². The molecule has 4 nitrogen and oxygen atoms in total. The van der Waals surface area contributed by atoms with E-state index >= 15 is 0 Å². The van der Waals surface area contributed by atoms with Crippen molar-refractivity contribution in [2.24, 2.45) is 5.73 Å². The third-order valence-corrected chi connectivity index (χ3v) is 1.12. The Bertz CT molecular complexity index is 157. The summed E-state index contributed by atoms with van der Waals surface area (Å²) in [5, 5.41) is 2.85. The Kier molecular flexibility index (Phi) is 1.81. The smallest absolute Gasteiger partial charge is 0.137 e. The van der Waals surface area contributed by atoms with Crippen molar-refractivity contribution in [1.82, 2.24) is 15.3 Å². The monoisotopic (exact) mass is 126 g/mol. The molecule has 0 spiro atoms. The van der Waals surface area contributed by atoms with Crippen molar-refractivity contribution >= 4 is 0 Å². The normalized spacial score (nSPS) is 13.6. The summed E-state index contributed by atoms with van der Waals surface area (Å²) in [7, 11) is 1.78. The second kappa shape index (κ2) is 2.61. The number of nitrogens with one attached hydrogen (secondary N) is 2. The number of rotatable bonds is 2. The van der Waals surface area contributed by atoms with E-state index in [0.29, 0.717) is 0 Å². The second-order valence-electron chi connectivity index (χ2n) is 1.74. The Balaban J connectivity index is 2.65. The Hall–Kier alpha value is -0.870. The highest BCUT2D eigenvalue weighted by molar-refractivity contribution is 4.91. The molecule has 0 radical (unpaired) electrons. The van der Waals surface area contributed by atoms with E-state index in [1.54, 1.807) is 19.4 Å². The minimum atomic E-state index is -0.181. The number of aromatic nitrogens is 2. The van der Waals surface area contributed by atoms with Gasteiger partial charge in [0.2, 0.25) is 0 Å². The van der Waals surface area contributed by atoms with E-state index in [4.69, 9.17) is 5.73 Å². The van der Waals surface area contributed by atoms with Gasteiger partial charge < -0.3 is 10.7 Å². The van der Waals surface area contributed by atoms with E-state index in [2.05, 4.69) is 15.3 Å². The molecular formula is C5H10N4. The summed E-state index contributed by atoms with van der Waals surface area (Å²) in [5.41, 5.74) is 5.53. The zero-order valence-corrected chi connectivity index (χ0v) is 5.26. The van der Waals surface area contributed by atoms with Crippen molar-refractivity contribution in [1.29, 1.82) is 0 Å². The van der Waals surface area contributed by atoms with Crippen LogP contribution in [0, 0.1) is 0 Å². The maximum Gasteiger partial charge on any atom is 0.137 e. The first-order chi connectivity index (χ1) is 4.34. The van der Waals surface area contributed by atoms with Gasteiger partial charge in [0.25, 0.3) is 0 Å². The quantitative estimate of drug-likeness (QED) is 0.472. The van der Waals surface area contributed by atoms with Crippen LogP contribution in [-0.2, 0) is 0 Å². The average Bonchev–Trinajstić information content (AvgIpc) is 2.37. The molecule has 0 aliphatic carbocycles. The van der Waals surface area contributed by atoms with Crippen molar-refractivity contribution in [2.45, 2.75) is 6.17 Å². The topological polar surface area (TPSA) is 66.7 Å². The average molecular weight is 126 g/mol. The lowest BCUT2D eigenvalue weighted by Gasteiger charge is -2.04. The third-order valence-electron chi connectivity index (χ3n) is 1.12. The lowest BCUT2D eigenvalue weighted by molar-refractivity contribution is 0.590. The first-order valence-corrected chi connectivity index (χ1v) is 2.76. The zero-order valence-electron chi connectivity index (χ0n) is 5.26. The molecule has 1 atom stereocenters. The van der Waals surface area contributed by atoms with Gasteiger partial charge in [-0.3, -0.25) is 5.32 Å². The van der Waals surface area contributed by atoms with Crippen molar-refractivity contribution in [3.05, 3.63) is 18.2 Å². The van der Waals surface area contributed by atoms with Gasteiger partial charge in [-0.1, -0.05) is 0 Å². The molecule has 0 bridgehead atoms. The number of hydrogen-bond donors (Lipinski definition) is 3. The summed E-state index contributed by atoms with van der Waals surface area (Å²) in [6.45, 7) is 0. The van der Waals surface area contributed by atoms with E-state index in [9.17, 15) is 0 Å². The van der Waals surface area contributed by atoms with E-state index in [0.717, 1.165) is 5.82 Å². The molecule has 4 N–H and O–H groups in total. The molecule has 1 rings (SSSR count). The minimum absolute atomic E-state index is 0.181. The molecule has 0 aliphatic heterocycles. The van der Waals surface area contributed by atoms with Gasteiger partial charge in [0.15, 0.2) is 0 Å². The number of nitrogens with two attached hydrogens (primary N) is 1. The predicted molar refractivity (Wildman–Crippen MR) is 34.6 cm³/mol. The third kappa shape index (κ3) is 1.28. The Labute approximate surface area is 53.5 Å². The van der Waals surface area contributed by atoms with Crippen LogP contribution in [0.4, 0.5) is 0 Å². The maximum atomic E-state index is 5.53. The summed E-state index contributed by atoms with van der Waals surface area (Å²) < 4.78 is 0. The number of H-pyrrole nitrogens is 1. The molecule has 1 heterocycles. The van der Waals surface area contributed by atoms with E-state index in [1.807, 2.05) is 0 Å². The first-order valence-electron chi connectivity index (χ1n) is 2.76. The largest absolute Gasteiger partial charge is 0.346 e. The SMILES string of the molecule is CNC(N)c1ncc[nH]1. The van der Waals surface area contributed by atoms with Gasteiger partial charge in [0, 0.05) is 12.4 Å². The Morgan fingerprint density at radius 3 is 3.11 bits per heavy atom. The van der Waals surface area contributed by atoms with Crippen LogP contribution in [0.1, 0.15) is 12.0 Å². The van der Waals surface area contributed by atoms with Crippen LogP contribution in [0.2, 0.25) is 0 Å². The molecule has 9 heavy (non-hydrogen) atoms. The predicted octanol–water partition coefficient (Wildman–Crippen LogP) is -0.414.